The fourth-order valence-electron chi connectivity index (χ4n) is 2.74. The van der Waals surface area contributed by atoms with Gasteiger partial charge in [0, 0.05) is 24.3 Å². The summed E-state index contributed by atoms with van der Waals surface area (Å²) >= 11 is 6.11. The van der Waals surface area contributed by atoms with E-state index in [4.69, 9.17) is 16.3 Å². The van der Waals surface area contributed by atoms with E-state index in [-0.39, 0.29) is 34.1 Å². The summed E-state index contributed by atoms with van der Waals surface area (Å²) in [6, 6.07) is 8.85. The van der Waals surface area contributed by atoms with Crippen molar-refractivity contribution in [1.29, 1.82) is 0 Å². The van der Waals surface area contributed by atoms with Crippen LogP contribution in [0.1, 0.15) is 40.1 Å². The first-order valence-electron chi connectivity index (χ1n) is 8.95. The maximum absolute atomic E-state index is 12.8. The number of anilines is 1. The first-order valence-corrected chi connectivity index (χ1v) is 10.8. The van der Waals surface area contributed by atoms with Gasteiger partial charge in [0.15, 0.2) is 0 Å². The molecule has 0 atom stereocenters. The van der Waals surface area contributed by atoms with Crippen molar-refractivity contribution in [3.63, 3.8) is 0 Å². The average Bonchev–Trinajstić information content (AvgIpc) is 2.69. The molecule has 2 aromatic rings. The van der Waals surface area contributed by atoms with Crippen LogP contribution in [0, 0.1) is 6.92 Å². The number of rotatable bonds is 7. The topological polar surface area (TPSA) is 92.8 Å². The van der Waals surface area contributed by atoms with Gasteiger partial charge in [-0.05, 0) is 42.8 Å². The van der Waals surface area contributed by atoms with Crippen molar-refractivity contribution in [3.05, 3.63) is 58.1 Å². The van der Waals surface area contributed by atoms with Gasteiger partial charge in [0.2, 0.25) is 10.0 Å². The highest BCUT2D eigenvalue weighted by atomic mass is 35.5. The predicted octanol–water partition coefficient (Wildman–Crippen LogP) is 3.72. The van der Waals surface area contributed by atoms with Crippen LogP contribution in [0.2, 0.25) is 5.02 Å². The zero-order valence-corrected chi connectivity index (χ0v) is 18.2. The summed E-state index contributed by atoms with van der Waals surface area (Å²) in [6.07, 6.45) is 0. The smallest absolute Gasteiger partial charge is 0.337 e. The first-order chi connectivity index (χ1) is 13.6. The molecule has 0 saturated carbocycles. The van der Waals surface area contributed by atoms with Gasteiger partial charge in [-0.3, -0.25) is 4.79 Å². The van der Waals surface area contributed by atoms with E-state index in [1.54, 1.807) is 32.9 Å². The number of amides is 1. The number of aryl methyl sites for hydroxylation is 1. The second kappa shape index (κ2) is 9.39. The van der Waals surface area contributed by atoms with Gasteiger partial charge in [0.1, 0.15) is 4.90 Å². The number of hydrogen-bond donors (Lipinski definition) is 1. The molecule has 0 aliphatic rings. The molecule has 29 heavy (non-hydrogen) atoms. The van der Waals surface area contributed by atoms with Crippen molar-refractivity contribution >= 4 is 39.2 Å². The molecule has 1 amide bonds. The summed E-state index contributed by atoms with van der Waals surface area (Å²) in [5.74, 6) is -1.05. The molecule has 2 aromatic carbocycles. The van der Waals surface area contributed by atoms with E-state index in [1.165, 1.54) is 35.7 Å². The lowest BCUT2D eigenvalue weighted by atomic mass is 10.1. The van der Waals surface area contributed by atoms with Gasteiger partial charge in [-0.25, -0.2) is 13.2 Å². The normalized spacial score (nSPS) is 11.4. The lowest BCUT2D eigenvalue weighted by molar-refractivity contribution is 0.0600. The lowest BCUT2D eigenvalue weighted by Gasteiger charge is -2.19. The Hall–Kier alpha value is -2.42. The van der Waals surface area contributed by atoms with Crippen LogP contribution in [0.15, 0.2) is 41.3 Å². The zero-order valence-electron chi connectivity index (χ0n) is 16.7. The Morgan fingerprint density at radius 1 is 1.07 bits per heavy atom. The fourth-order valence-corrected chi connectivity index (χ4v) is 4.70. The van der Waals surface area contributed by atoms with Crippen LogP contribution >= 0.6 is 11.6 Å². The maximum Gasteiger partial charge on any atom is 0.337 e. The number of ether oxygens (including phenoxy) is 1. The Morgan fingerprint density at radius 3 is 2.28 bits per heavy atom. The number of halogens is 1. The average molecular weight is 439 g/mol. The number of carbonyl (C=O) groups excluding carboxylic acids is 2. The second-order valence-corrected chi connectivity index (χ2v) is 8.52. The summed E-state index contributed by atoms with van der Waals surface area (Å²) in [5.41, 5.74) is 1.56. The van der Waals surface area contributed by atoms with E-state index in [9.17, 15) is 18.0 Å². The Bertz CT molecular complexity index is 1030. The molecule has 2 rings (SSSR count). The van der Waals surface area contributed by atoms with Crippen molar-refractivity contribution in [2.45, 2.75) is 25.7 Å². The number of esters is 1. The Labute approximate surface area is 175 Å². The molecule has 0 spiro atoms. The number of nitrogens with one attached hydrogen (secondary N) is 1. The van der Waals surface area contributed by atoms with E-state index in [0.717, 1.165) is 5.56 Å². The van der Waals surface area contributed by atoms with Crippen molar-refractivity contribution in [2.24, 2.45) is 0 Å². The van der Waals surface area contributed by atoms with Crippen molar-refractivity contribution in [1.82, 2.24) is 4.31 Å². The summed E-state index contributed by atoms with van der Waals surface area (Å²) in [4.78, 5) is 24.3. The molecule has 0 fully saturated rings. The number of hydrogen-bond acceptors (Lipinski definition) is 5. The van der Waals surface area contributed by atoms with E-state index in [0.29, 0.717) is 5.69 Å². The highest BCUT2D eigenvalue weighted by Gasteiger charge is 2.25. The van der Waals surface area contributed by atoms with Crippen LogP contribution in [-0.4, -0.2) is 44.8 Å². The first kappa shape index (κ1) is 22.9. The molecule has 1 N–H and O–H groups in total. The largest absolute Gasteiger partial charge is 0.465 e. The van der Waals surface area contributed by atoms with E-state index < -0.39 is 21.9 Å². The van der Waals surface area contributed by atoms with Crippen molar-refractivity contribution in [3.8, 4) is 0 Å². The summed E-state index contributed by atoms with van der Waals surface area (Å²) in [7, 11) is -2.56. The number of methoxy groups -OCH3 is 1. The number of sulfonamides is 1. The summed E-state index contributed by atoms with van der Waals surface area (Å²) in [5, 5.41) is 2.74. The Morgan fingerprint density at radius 2 is 1.69 bits per heavy atom. The predicted molar refractivity (Wildman–Crippen MR) is 112 cm³/mol. The van der Waals surface area contributed by atoms with Gasteiger partial charge >= 0.3 is 5.97 Å². The van der Waals surface area contributed by atoms with Gasteiger partial charge in [-0.2, -0.15) is 4.31 Å². The minimum Gasteiger partial charge on any atom is -0.465 e. The summed E-state index contributed by atoms with van der Waals surface area (Å²) in [6.45, 7) is 5.79. The minimum absolute atomic E-state index is 0.0392. The molecule has 0 unspecified atom stereocenters. The van der Waals surface area contributed by atoms with Crippen LogP contribution in [0.25, 0.3) is 0 Å². The van der Waals surface area contributed by atoms with Gasteiger partial charge in [-0.1, -0.05) is 31.5 Å². The van der Waals surface area contributed by atoms with Crippen LogP contribution in [0.4, 0.5) is 5.69 Å². The zero-order chi connectivity index (χ0) is 21.8. The summed E-state index contributed by atoms with van der Waals surface area (Å²) < 4.78 is 31.6. The fraction of sp³-hybridized carbons (Fsp3) is 0.300. The van der Waals surface area contributed by atoms with E-state index in [2.05, 4.69) is 5.32 Å². The standard InChI is InChI=1S/C20H23ClN2O5S/c1-5-23(6-2)29(26,27)18-12-14(9-10-16(18)21)19(24)22-17-11-15(20(25)28-4)8-7-13(17)3/h7-12H,5-6H2,1-4H3,(H,22,24). The van der Waals surface area contributed by atoms with E-state index >= 15 is 0 Å². The molecule has 0 bridgehead atoms. The minimum atomic E-state index is -3.83. The molecule has 0 saturated heterocycles. The number of benzene rings is 2. The third kappa shape index (κ3) is 4.95. The van der Waals surface area contributed by atoms with Crippen molar-refractivity contribution in [2.75, 3.05) is 25.5 Å². The molecule has 0 heterocycles. The van der Waals surface area contributed by atoms with Crippen LogP contribution in [0.5, 0.6) is 0 Å². The van der Waals surface area contributed by atoms with Gasteiger partial charge < -0.3 is 10.1 Å². The molecular weight excluding hydrogens is 416 g/mol. The van der Waals surface area contributed by atoms with Crippen molar-refractivity contribution < 1.29 is 22.7 Å². The maximum atomic E-state index is 12.8. The molecule has 0 aliphatic carbocycles. The molecule has 9 heteroatoms. The highest BCUT2D eigenvalue weighted by Crippen LogP contribution is 2.27. The Balaban J connectivity index is 2.40. The third-order valence-corrected chi connectivity index (χ3v) is 6.95. The van der Waals surface area contributed by atoms with Gasteiger partial charge in [0.25, 0.3) is 5.91 Å². The molecule has 0 aromatic heterocycles. The van der Waals surface area contributed by atoms with Crippen LogP contribution < -0.4 is 5.32 Å². The lowest BCUT2D eigenvalue weighted by Crippen LogP contribution is -2.31. The van der Waals surface area contributed by atoms with Crippen LogP contribution in [-0.2, 0) is 14.8 Å². The highest BCUT2D eigenvalue weighted by molar-refractivity contribution is 7.89. The monoisotopic (exact) mass is 438 g/mol. The van der Waals surface area contributed by atoms with Crippen LogP contribution in [0.3, 0.4) is 0 Å². The molecule has 0 radical (unpaired) electrons. The quantitative estimate of drug-likeness (QED) is 0.665. The van der Waals surface area contributed by atoms with Gasteiger partial charge in [0.05, 0.1) is 17.7 Å². The molecule has 0 aliphatic heterocycles. The SMILES string of the molecule is CCN(CC)S(=O)(=O)c1cc(C(=O)Nc2cc(C(=O)OC)ccc2C)ccc1Cl. The van der Waals surface area contributed by atoms with E-state index in [1.807, 2.05) is 0 Å². The molecule has 7 nitrogen and oxygen atoms in total. The van der Waals surface area contributed by atoms with Gasteiger partial charge in [-0.15, -0.1) is 0 Å². The molecular formula is C20H23ClN2O5S. The third-order valence-electron chi connectivity index (χ3n) is 4.42. The Kier molecular flexibility index (Phi) is 7.40. The molecule has 156 valence electrons. The second-order valence-electron chi connectivity index (χ2n) is 6.21. The number of nitrogens with zero attached hydrogens (tertiary/aromatic N) is 1. The number of carbonyl (C=O) groups is 2.